The van der Waals surface area contributed by atoms with E-state index in [1.807, 2.05) is 36.4 Å². The fourth-order valence-corrected chi connectivity index (χ4v) is 0.944. The van der Waals surface area contributed by atoms with E-state index in [9.17, 15) is 0 Å². The van der Waals surface area contributed by atoms with E-state index in [2.05, 4.69) is 5.32 Å². The first kappa shape index (κ1) is 18.0. The van der Waals surface area contributed by atoms with Gasteiger partial charge in [0.1, 0.15) is 6.29 Å². The molecule has 1 heterocycles. The van der Waals surface area contributed by atoms with Crippen LogP contribution in [-0.2, 0) is 4.79 Å². The van der Waals surface area contributed by atoms with Crippen LogP contribution in [0.4, 0.5) is 0 Å². The van der Waals surface area contributed by atoms with E-state index in [0.29, 0.717) is 0 Å². The van der Waals surface area contributed by atoms with Gasteiger partial charge in [0.15, 0.2) is 0 Å². The Hall–Kier alpha value is 0.655. The van der Waals surface area contributed by atoms with Crippen LogP contribution in [0.1, 0.15) is 19.8 Å². The zero-order valence-corrected chi connectivity index (χ0v) is 14.6. The molecule has 1 aliphatic heterocycles. The van der Waals surface area contributed by atoms with Gasteiger partial charge in [-0.3, -0.25) is 0 Å². The van der Waals surface area contributed by atoms with Gasteiger partial charge in [-0.15, -0.1) is 13.1 Å². The van der Waals surface area contributed by atoms with Gasteiger partial charge < -0.3 is 10.1 Å². The van der Waals surface area contributed by atoms with Gasteiger partial charge in [0, 0.05) is 0 Å². The van der Waals surface area contributed by atoms with Crippen LogP contribution in [0.25, 0.3) is 5.32 Å². The monoisotopic (exact) mass is 277 g/mol. The van der Waals surface area contributed by atoms with Crippen molar-refractivity contribution >= 4 is 6.29 Å². The molecule has 0 saturated carbocycles. The second kappa shape index (κ2) is 17.1. The Morgan fingerprint density at radius 2 is 1.20 bits per heavy atom. The van der Waals surface area contributed by atoms with E-state index in [-0.39, 0.29) is 58.2 Å². The Morgan fingerprint density at radius 1 is 0.933 bits per heavy atom. The van der Waals surface area contributed by atoms with Crippen molar-refractivity contribution in [2.45, 2.75) is 19.8 Å². The third-order valence-corrected chi connectivity index (χ3v) is 1.55. The van der Waals surface area contributed by atoms with E-state index >= 15 is 0 Å². The molecule has 1 aromatic rings. The van der Waals surface area contributed by atoms with Crippen LogP contribution < -0.4 is 58.2 Å². The maximum atomic E-state index is 8.81. The second-order valence-corrected chi connectivity index (χ2v) is 2.77. The Morgan fingerprint density at radius 3 is 1.33 bits per heavy atom. The van der Waals surface area contributed by atoms with Crippen molar-refractivity contribution in [3.05, 3.63) is 41.7 Å². The Kier molecular flexibility index (Phi) is 20.5. The summed E-state index contributed by atoms with van der Waals surface area (Å²) in [5, 5.41) is 4.08. The first-order valence-corrected chi connectivity index (χ1v) is 4.95. The summed E-state index contributed by atoms with van der Waals surface area (Å²) >= 11 is 0. The largest absolute Gasteiger partial charge is 1.00 e. The molecule has 0 N–H and O–H groups in total. The smallest absolute Gasteiger partial charge is 0.662 e. The summed E-state index contributed by atoms with van der Waals surface area (Å²) in [5.74, 6) is 0. The molecular formula is C12H18NORb. The number of carbonyl (C=O) groups excluding carboxylic acids is 1. The normalized spacial score (nSPS) is 12.1. The number of rotatable bonds is 0. The molecule has 1 fully saturated rings. The van der Waals surface area contributed by atoms with Crippen LogP contribution in [0.2, 0.25) is 0 Å². The standard InChI is InChI=1S/C6H6.C4H8N.C2H4O.Rb/c1-2-4-6-5-3-1;1-2-4-5-3-1;1-2-3;/h1-6H;1-4H2;2H,1H3;/q;-1;;+1. The molecule has 0 aliphatic carbocycles. The van der Waals surface area contributed by atoms with Gasteiger partial charge in [-0.2, -0.15) is 0 Å². The summed E-state index contributed by atoms with van der Waals surface area (Å²) in [5.41, 5.74) is 0. The fraction of sp³-hybridized carbons (Fsp3) is 0.417. The van der Waals surface area contributed by atoms with Crippen LogP contribution in [0.15, 0.2) is 36.4 Å². The molecule has 0 bridgehead atoms. The summed E-state index contributed by atoms with van der Waals surface area (Å²) in [7, 11) is 0. The average molecular weight is 278 g/mol. The van der Waals surface area contributed by atoms with Gasteiger partial charge >= 0.3 is 58.2 Å². The number of nitrogens with zero attached hydrogens (tertiary/aromatic N) is 1. The van der Waals surface area contributed by atoms with Crippen LogP contribution in [-0.4, -0.2) is 19.4 Å². The van der Waals surface area contributed by atoms with Gasteiger partial charge in [0.2, 0.25) is 0 Å². The Balaban J connectivity index is 0. The van der Waals surface area contributed by atoms with Crippen LogP contribution >= 0.6 is 0 Å². The van der Waals surface area contributed by atoms with E-state index in [0.717, 1.165) is 19.4 Å². The average Bonchev–Trinajstić information content (AvgIpc) is 2.80. The molecule has 0 atom stereocenters. The Labute approximate surface area is 142 Å². The maximum Gasteiger partial charge on any atom is 1.00 e. The molecule has 0 aromatic heterocycles. The van der Waals surface area contributed by atoms with Crippen molar-refractivity contribution in [1.82, 2.24) is 0 Å². The third kappa shape index (κ3) is 17.3. The minimum absolute atomic E-state index is 0. The molecule has 0 radical (unpaired) electrons. The quantitative estimate of drug-likeness (QED) is 0.617. The number of hydrogen-bond donors (Lipinski definition) is 0. The molecule has 1 aromatic carbocycles. The number of aldehydes is 1. The van der Waals surface area contributed by atoms with Gasteiger partial charge in [-0.25, -0.2) is 0 Å². The summed E-state index contributed by atoms with van der Waals surface area (Å²) in [4.78, 5) is 8.81. The fourth-order valence-electron chi connectivity index (χ4n) is 0.944. The van der Waals surface area contributed by atoms with E-state index in [1.165, 1.54) is 19.8 Å². The molecule has 78 valence electrons. The Bertz CT molecular complexity index is 166. The van der Waals surface area contributed by atoms with Gasteiger partial charge in [-0.1, -0.05) is 49.2 Å². The predicted molar refractivity (Wildman–Crippen MR) is 60.5 cm³/mol. The van der Waals surface area contributed by atoms with Crippen molar-refractivity contribution in [2.24, 2.45) is 0 Å². The zero-order valence-electron chi connectivity index (χ0n) is 9.73. The van der Waals surface area contributed by atoms with Crippen molar-refractivity contribution in [3.8, 4) is 0 Å². The molecule has 1 aliphatic rings. The van der Waals surface area contributed by atoms with E-state index < -0.39 is 0 Å². The third-order valence-electron chi connectivity index (χ3n) is 1.55. The maximum absolute atomic E-state index is 8.81. The molecule has 2 rings (SSSR count). The number of benzene rings is 1. The zero-order chi connectivity index (χ0) is 10.5. The minimum atomic E-state index is 0. The van der Waals surface area contributed by atoms with Gasteiger partial charge in [-0.05, 0) is 6.92 Å². The first-order valence-electron chi connectivity index (χ1n) is 4.95. The minimum Gasteiger partial charge on any atom is -0.662 e. The predicted octanol–water partition coefficient (Wildman–Crippen LogP) is 0.0497. The molecule has 15 heavy (non-hydrogen) atoms. The van der Waals surface area contributed by atoms with Crippen molar-refractivity contribution < 1.29 is 63.0 Å². The molecule has 2 nitrogen and oxygen atoms in total. The molecular weight excluding hydrogens is 260 g/mol. The number of hydrogen-bond acceptors (Lipinski definition) is 1. The molecule has 3 heteroatoms. The van der Waals surface area contributed by atoms with Crippen LogP contribution in [0.5, 0.6) is 0 Å². The summed E-state index contributed by atoms with van der Waals surface area (Å²) in [6.07, 6.45) is 3.42. The molecule has 1 saturated heterocycles. The van der Waals surface area contributed by atoms with Crippen LogP contribution in [0.3, 0.4) is 0 Å². The SMILES string of the molecule is C1CC[N-]C1.CC=O.[Rb+].c1ccccc1. The van der Waals surface area contributed by atoms with E-state index in [1.54, 1.807) is 0 Å². The van der Waals surface area contributed by atoms with Gasteiger partial charge in [0.25, 0.3) is 0 Å². The van der Waals surface area contributed by atoms with Crippen molar-refractivity contribution in [3.63, 3.8) is 0 Å². The second-order valence-electron chi connectivity index (χ2n) is 2.77. The number of carbonyl (C=O) groups is 1. The van der Waals surface area contributed by atoms with Crippen molar-refractivity contribution in [1.29, 1.82) is 0 Å². The molecule has 0 amide bonds. The molecule has 0 unspecified atom stereocenters. The summed E-state index contributed by atoms with van der Waals surface area (Å²) in [6, 6.07) is 12.0. The van der Waals surface area contributed by atoms with Crippen molar-refractivity contribution in [2.75, 3.05) is 13.1 Å². The topological polar surface area (TPSA) is 31.2 Å². The summed E-state index contributed by atoms with van der Waals surface area (Å²) in [6.45, 7) is 3.69. The van der Waals surface area contributed by atoms with Gasteiger partial charge in [0.05, 0.1) is 0 Å². The van der Waals surface area contributed by atoms with Crippen LogP contribution in [0, 0.1) is 0 Å². The summed E-state index contributed by atoms with van der Waals surface area (Å²) < 4.78 is 0. The molecule has 0 spiro atoms. The van der Waals surface area contributed by atoms with E-state index in [4.69, 9.17) is 4.79 Å². The first-order chi connectivity index (χ1) is 6.91.